The molecular weight excluding hydrogens is 190 g/mol. The summed E-state index contributed by atoms with van der Waals surface area (Å²) < 4.78 is 7.72. The maximum Gasteiger partial charge on any atom is 0.130 e. The van der Waals surface area contributed by atoms with Crippen molar-refractivity contribution in [1.82, 2.24) is 15.1 Å². The average molecular weight is 203 g/mol. The van der Waals surface area contributed by atoms with E-state index in [0.29, 0.717) is 6.10 Å². The van der Waals surface area contributed by atoms with Gasteiger partial charge in [0.15, 0.2) is 0 Å². The molecule has 3 rings (SSSR count). The molecule has 1 aliphatic heterocycles. The molecule has 1 aromatic carbocycles. The average Bonchev–Trinajstić information content (AvgIpc) is 2.55. The zero-order valence-electron chi connectivity index (χ0n) is 8.60. The van der Waals surface area contributed by atoms with Gasteiger partial charge in [0.2, 0.25) is 0 Å². The van der Waals surface area contributed by atoms with E-state index >= 15 is 0 Å². The van der Waals surface area contributed by atoms with Crippen molar-refractivity contribution in [2.75, 3.05) is 13.1 Å². The zero-order valence-corrected chi connectivity index (χ0v) is 8.60. The first-order valence-electron chi connectivity index (χ1n) is 5.13. The Morgan fingerprint density at radius 2 is 2.33 bits per heavy atom. The number of rotatable bonds is 2. The molecule has 78 valence electrons. The number of hydrogen-bond donors (Lipinski definition) is 1. The van der Waals surface area contributed by atoms with E-state index in [1.54, 1.807) is 0 Å². The first-order chi connectivity index (χ1) is 7.34. The van der Waals surface area contributed by atoms with E-state index in [1.807, 2.05) is 36.1 Å². The van der Waals surface area contributed by atoms with Crippen molar-refractivity contribution >= 4 is 10.9 Å². The van der Waals surface area contributed by atoms with Crippen LogP contribution in [0.15, 0.2) is 24.4 Å². The third-order valence-corrected chi connectivity index (χ3v) is 2.79. The van der Waals surface area contributed by atoms with Crippen LogP contribution < -0.4 is 10.1 Å². The molecular formula is C11H13N3O. The molecule has 2 heterocycles. The Hall–Kier alpha value is -1.55. The second kappa shape index (κ2) is 3.24. The Morgan fingerprint density at radius 1 is 1.47 bits per heavy atom. The first-order valence-corrected chi connectivity index (χ1v) is 5.13. The van der Waals surface area contributed by atoms with Crippen molar-refractivity contribution in [1.29, 1.82) is 0 Å². The van der Waals surface area contributed by atoms with Crippen molar-refractivity contribution in [2.45, 2.75) is 6.10 Å². The number of ether oxygens (including phenoxy) is 1. The van der Waals surface area contributed by atoms with E-state index in [2.05, 4.69) is 10.4 Å². The van der Waals surface area contributed by atoms with Crippen LogP contribution in [0, 0.1) is 0 Å². The largest absolute Gasteiger partial charge is 0.487 e. The third-order valence-electron chi connectivity index (χ3n) is 2.79. The molecule has 4 nitrogen and oxygen atoms in total. The van der Waals surface area contributed by atoms with E-state index < -0.39 is 0 Å². The van der Waals surface area contributed by atoms with Crippen molar-refractivity contribution < 1.29 is 4.74 Å². The van der Waals surface area contributed by atoms with Crippen molar-refractivity contribution in [3.63, 3.8) is 0 Å². The lowest BCUT2D eigenvalue weighted by molar-refractivity contribution is 0.144. The van der Waals surface area contributed by atoms with Gasteiger partial charge in [0, 0.05) is 20.1 Å². The third kappa shape index (κ3) is 1.37. The Labute approximate surface area is 87.8 Å². The highest BCUT2D eigenvalue weighted by Gasteiger charge is 2.19. The molecule has 2 aromatic rings. The fourth-order valence-electron chi connectivity index (χ4n) is 1.78. The number of aryl methyl sites for hydroxylation is 1. The molecule has 0 spiro atoms. The van der Waals surface area contributed by atoms with E-state index in [0.717, 1.165) is 29.7 Å². The smallest absolute Gasteiger partial charge is 0.130 e. The molecule has 0 aliphatic carbocycles. The Bertz CT molecular complexity index is 488. The molecule has 0 unspecified atom stereocenters. The minimum atomic E-state index is 0.316. The highest BCUT2D eigenvalue weighted by Crippen LogP contribution is 2.26. The van der Waals surface area contributed by atoms with Gasteiger partial charge in [-0.2, -0.15) is 5.10 Å². The Balaban J connectivity index is 2.01. The van der Waals surface area contributed by atoms with Gasteiger partial charge in [0.25, 0.3) is 0 Å². The topological polar surface area (TPSA) is 39.1 Å². The molecule has 0 saturated carbocycles. The molecule has 4 heteroatoms. The number of nitrogens with zero attached hydrogens (tertiary/aromatic N) is 2. The van der Waals surface area contributed by atoms with Crippen LogP contribution >= 0.6 is 0 Å². The van der Waals surface area contributed by atoms with Crippen LogP contribution in [0.5, 0.6) is 5.75 Å². The second-order valence-corrected chi connectivity index (χ2v) is 3.86. The van der Waals surface area contributed by atoms with Gasteiger partial charge in [0.05, 0.1) is 17.1 Å². The second-order valence-electron chi connectivity index (χ2n) is 3.86. The quantitative estimate of drug-likeness (QED) is 0.789. The van der Waals surface area contributed by atoms with Crippen LogP contribution in [-0.4, -0.2) is 29.0 Å². The predicted molar refractivity (Wildman–Crippen MR) is 58.0 cm³/mol. The molecule has 0 radical (unpaired) electrons. The standard InChI is InChI=1S/C11H13N3O/c1-14-10-3-2-4-11(9(10)7-13-14)15-8-5-12-6-8/h2-4,7-8,12H,5-6H2,1H3. The van der Waals surface area contributed by atoms with Gasteiger partial charge in [-0.05, 0) is 12.1 Å². The fraction of sp³-hybridized carbons (Fsp3) is 0.364. The van der Waals surface area contributed by atoms with Crippen molar-refractivity contribution in [3.8, 4) is 5.75 Å². The van der Waals surface area contributed by atoms with Crippen molar-refractivity contribution in [3.05, 3.63) is 24.4 Å². The van der Waals surface area contributed by atoms with Crippen LogP contribution in [0.3, 0.4) is 0 Å². The zero-order chi connectivity index (χ0) is 10.3. The normalized spacial score (nSPS) is 16.6. The molecule has 0 amide bonds. The van der Waals surface area contributed by atoms with E-state index in [4.69, 9.17) is 4.74 Å². The molecule has 1 aliphatic rings. The molecule has 1 N–H and O–H groups in total. The Kier molecular flexibility index (Phi) is 1.89. The van der Waals surface area contributed by atoms with Gasteiger partial charge in [0.1, 0.15) is 11.9 Å². The Morgan fingerprint density at radius 3 is 3.07 bits per heavy atom. The van der Waals surface area contributed by atoms with Gasteiger partial charge < -0.3 is 10.1 Å². The molecule has 0 bridgehead atoms. The van der Waals surface area contributed by atoms with Crippen LogP contribution in [0.1, 0.15) is 0 Å². The summed E-state index contributed by atoms with van der Waals surface area (Å²) in [6, 6.07) is 6.06. The van der Waals surface area contributed by atoms with Gasteiger partial charge in [-0.15, -0.1) is 0 Å². The van der Waals surface area contributed by atoms with Crippen molar-refractivity contribution in [2.24, 2.45) is 7.05 Å². The highest BCUT2D eigenvalue weighted by atomic mass is 16.5. The summed E-state index contributed by atoms with van der Waals surface area (Å²) in [6.45, 7) is 1.88. The monoisotopic (exact) mass is 203 g/mol. The van der Waals surface area contributed by atoms with Gasteiger partial charge >= 0.3 is 0 Å². The van der Waals surface area contributed by atoms with E-state index in [9.17, 15) is 0 Å². The predicted octanol–water partition coefficient (Wildman–Crippen LogP) is 0.924. The van der Waals surface area contributed by atoms with Gasteiger partial charge in [-0.25, -0.2) is 0 Å². The molecule has 1 saturated heterocycles. The van der Waals surface area contributed by atoms with Gasteiger partial charge in [-0.3, -0.25) is 4.68 Å². The number of fused-ring (bicyclic) bond motifs is 1. The maximum absolute atomic E-state index is 5.86. The number of benzene rings is 1. The lowest BCUT2D eigenvalue weighted by Crippen LogP contribution is -2.50. The molecule has 0 atom stereocenters. The maximum atomic E-state index is 5.86. The number of hydrogen-bond acceptors (Lipinski definition) is 3. The summed E-state index contributed by atoms with van der Waals surface area (Å²) in [5, 5.41) is 8.51. The summed E-state index contributed by atoms with van der Waals surface area (Å²) >= 11 is 0. The number of nitrogens with one attached hydrogen (secondary N) is 1. The minimum absolute atomic E-state index is 0.316. The van der Waals surface area contributed by atoms with Gasteiger partial charge in [-0.1, -0.05) is 6.07 Å². The van der Waals surface area contributed by atoms with Crippen LogP contribution in [0.2, 0.25) is 0 Å². The van der Waals surface area contributed by atoms with E-state index in [-0.39, 0.29) is 0 Å². The summed E-state index contributed by atoms with van der Waals surface area (Å²) in [5.74, 6) is 0.937. The molecule has 1 aromatic heterocycles. The summed E-state index contributed by atoms with van der Waals surface area (Å²) in [4.78, 5) is 0. The molecule has 1 fully saturated rings. The SMILES string of the molecule is Cn1ncc2c(OC3CNC3)cccc21. The fourth-order valence-corrected chi connectivity index (χ4v) is 1.78. The van der Waals surface area contributed by atoms with Crippen LogP contribution in [0.4, 0.5) is 0 Å². The first kappa shape index (κ1) is 8.73. The number of aromatic nitrogens is 2. The molecule has 15 heavy (non-hydrogen) atoms. The summed E-state index contributed by atoms with van der Waals surface area (Å²) in [7, 11) is 1.94. The lowest BCUT2D eigenvalue weighted by Gasteiger charge is -2.28. The lowest BCUT2D eigenvalue weighted by atomic mass is 10.2. The van der Waals surface area contributed by atoms with E-state index in [1.165, 1.54) is 0 Å². The minimum Gasteiger partial charge on any atom is -0.487 e. The van der Waals surface area contributed by atoms with Crippen LogP contribution in [-0.2, 0) is 7.05 Å². The van der Waals surface area contributed by atoms with Crippen LogP contribution in [0.25, 0.3) is 10.9 Å². The highest BCUT2D eigenvalue weighted by molar-refractivity contribution is 5.85. The summed E-state index contributed by atoms with van der Waals surface area (Å²) in [6.07, 6.45) is 2.17. The summed E-state index contributed by atoms with van der Waals surface area (Å²) in [5.41, 5.74) is 1.11.